The van der Waals surface area contributed by atoms with Gasteiger partial charge in [-0.05, 0) is 49.4 Å². The Kier molecular flexibility index (Phi) is 61.3. The first-order valence-corrected chi connectivity index (χ1v) is 40.7. The Labute approximate surface area is 562 Å². The average molecular weight is 1350 g/mol. The molecule has 0 aromatic heterocycles. The normalized spacial score (nSPS) is 14.5. The van der Waals surface area contributed by atoms with Crippen molar-refractivity contribution in [3.8, 4) is 0 Å². The van der Waals surface area contributed by atoms with Gasteiger partial charge in [-0.2, -0.15) is 0 Å². The lowest BCUT2D eigenvalue weighted by molar-refractivity contribution is -0.161. The molecular weight excluding hydrogens is 1210 g/mol. The number of carbonyl (C=O) groups is 4. The van der Waals surface area contributed by atoms with Gasteiger partial charge in [0.05, 0.1) is 26.4 Å². The van der Waals surface area contributed by atoms with E-state index in [-0.39, 0.29) is 25.7 Å². The number of phosphoric acid groups is 2. The van der Waals surface area contributed by atoms with Crippen LogP contribution in [-0.2, 0) is 65.4 Å². The van der Waals surface area contributed by atoms with Crippen LogP contribution in [0.1, 0.15) is 364 Å². The summed E-state index contributed by atoms with van der Waals surface area (Å²) in [5.41, 5.74) is 0. The van der Waals surface area contributed by atoms with Gasteiger partial charge in [0, 0.05) is 25.7 Å². The number of hydrogen-bond acceptors (Lipinski definition) is 15. The van der Waals surface area contributed by atoms with Gasteiger partial charge in [-0.15, -0.1) is 0 Å². The third-order valence-electron chi connectivity index (χ3n) is 17.2. The minimum Gasteiger partial charge on any atom is -0.462 e. The molecule has 0 aliphatic rings. The van der Waals surface area contributed by atoms with Gasteiger partial charge in [-0.3, -0.25) is 37.3 Å². The predicted octanol–water partition coefficient (Wildman–Crippen LogP) is 20.9. The monoisotopic (exact) mass is 1350 g/mol. The maximum Gasteiger partial charge on any atom is 0.472 e. The molecular formula is C73H142O17P2. The maximum absolute atomic E-state index is 13.0. The molecule has 0 aromatic carbocycles. The van der Waals surface area contributed by atoms with Gasteiger partial charge >= 0.3 is 39.5 Å². The van der Waals surface area contributed by atoms with Crippen molar-refractivity contribution >= 4 is 39.5 Å². The average Bonchev–Trinajstić information content (AvgIpc) is 2.98. The fraction of sp³-hybridized carbons (Fsp3) is 0.945. The molecule has 6 atom stereocenters. The number of aliphatic hydroxyl groups is 1. The third-order valence-corrected chi connectivity index (χ3v) is 19.1. The van der Waals surface area contributed by atoms with E-state index in [0.29, 0.717) is 25.7 Å². The van der Waals surface area contributed by atoms with Gasteiger partial charge in [0.15, 0.2) is 12.2 Å². The van der Waals surface area contributed by atoms with E-state index in [0.717, 1.165) is 120 Å². The van der Waals surface area contributed by atoms with Crippen LogP contribution >= 0.6 is 15.6 Å². The molecule has 0 aliphatic heterocycles. The summed E-state index contributed by atoms with van der Waals surface area (Å²) >= 11 is 0. The van der Waals surface area contributed by atoms with Gasteiger partial charge in [-0.25, -0.2) is 9.13 Å². The fourth-order valence-corrected chi connectivity index (χ4v) is 12.6. The third kappa shape index (κ3) is 65.4. The first-order chi connectivity index (χ1) is 44.1. The fourth-order valence-electron chi connectivity index (χ4n) is 11.0. The van der Waals surface area contributed by atoms with Gasteiger partial charge in [0.2, 0.25) is 0 Å². The molecule has 0 rings (SSSR count). The van der Waals surface area contributed by atoms with E-state index < -0.39 is 97.5 Å². The minimum absolute atomic E-state index is 0.104. The molecule has 3 N–H and O–H groups in total. The summed E-state index contributed by atoms with van der Waals surface area (Å²) in [4.78, 5) is 72.6. The first kappa shape index (κ1) is 90.1. The second-order valence-electron chi connectivity index (χ2n) is 28.0. The van der Waals surface area contributed by atoms with Crippen LogP contribution in [0.25, 0.3) is 0 Å². The largest absolute Gasteiger partial charge is 0.472 e. The van der Waals surface area contributed by atoms with Crippen molar-refractivity contribution in [3.63, 3.8) is 0 Å². The Bertz CT molecular complexity index is 1820. The molecule has 0 fully saturated rings. The molecule has 0 saturated carbocycles. The van der Waals surface area contributed by atoms with Crippen LogP contribution < -0.4 is 0 Å². The number of ether oxygens (including phenoxy) is 4. The van der Waals surface area contributed by atoms with E-state index in [9.17, 15) is 43.2 Å². The van der Waals surface area contributed by atoms with E-state index in [2.05, 4.69) is 55.4 Å². The molecule has 0 saturated heterocycles. The zero-order valence-corrected chi connectivity index (χ0v) is 62.0. The van der Waals surface area contributed by atoms with Crippen LogP contribution in [-0.4, -0.2) is 96.7 Å². The van der Waals surface area contributed by atoms with E-state index in [1.54, 1.807) is 0 Å². The van der Waals surface area contributed by atoms with Crippen LogP contribution in [0.4, 0.5) is 0 Å². The quantitative estimate of drug-likeness (QED) is 0.0222. The predicted molar refractivity (Wildman–Crippen MR) is 372 cm³/mol. The van der Waals surface area contributed by atoms with Gasteiger partial charge in [0.25, 0.3) is 0 Å². The van der Waals surface area contributed by atoms with Gasteiger partial charge in [-0.1, -0.05) is 312 Å². The molecule has 3 unspecified atom stereocenters. The molecule has 0 amide bonds. The molecule has 17 nitrogen and oxygen atoms in total. The Morgan fingerprint density at radius 3 is 0.772 bits per heavy atom. The van der Waals surface area contributed by atoms with E-state index in [1.165, 1.54) is 161 Å². The van der Waals surface area contributed by atoms with Crippen LogP contribution in [0.2, 0.25) is 0 Å². The number of hydrogen-bond donors (Lipinski definition) is 3. The standard InChI is InChI=1S/C73H142O17P2/c1-9-66(8)52-44-36-31-32-38-46-54-71(76)84-60-69(89-72(77)55-47-39-29-22-18-20-26-34-42-50-64(4)5)62-88-92(81,82)86-58-67(74)57-85-91(79,80)87-61-68(90-73(78)56-48-40-30-24-23-27-35-43-51-65(6)7)59-83-70(75)53-45-37-28-21-17-15-13-11-10-12-14-16-19-25-33-41-49-63(2)3/h63-69,74H,9-62H2,1-8H3,(H,79,80)(H,81,82)/t66?,67-,68-,69-/m1/s1. The number of unbranched alkanes of at least 4 members (excludes halogenated alkanes) is 35. The number of esters is 4. The van der Waals surface area contributed by atoms with E-state index in [4.69, 9.17) is 37.0 Å². The summed E-state index contributed by atoms with van der Waals surface area (Å²) in [7, 11) is -9.91. The molecule has 0 spiro atoms. The Morgan fingerprint density at radius 1 is 0.304 bits per heavy atom. The topological polar surface area (TPSA) is 237 Å². The smallest absolute Gasteiger partial charge is 0.462 e. The Hall–Kier alpha value is -1.94. The highest BCUT2D eigenvalue weighted by molar-refractivity contribution is 7.47. The van der Waals surface area contributed by atoms with Crippen LogP contribution in [0.3, 0.4) is 0 Å². The van der Waals surface area contributed by atoms with Crippen molar-refractivity contribution in [3.05, 3.63) is 0 Å². The SMILES string of the molecule is CCC(C)CCCCCCCCC(=O)OC[C@H](COP(=O)(O)OC[C@H](O)COP(=O)(O)OC[C@@H](COC(=O)CCCCCCCCCCCCCCCCCCC(C)C)OC(=O)CCCCCCCCCCC(C)C)OC(=O)CCCCCCCCCCCC(C)C. The summed E-state index contributed by atoms with van der Waals surface area (Å²) in [6, 6.07) is 0. The van der Waals surface area contributed by atoms with Gasteiger partial charge in [0.1, 0.15) is 19.3 Å². The molecule has 546 valence electrons. The van der Waals surface area contributed by atoms with E-state index in [1.807, 2.05) is 0 Å². The number of aliphatic hydroxyl groups excluding tert-OH is 1. The highest BCUT2D eigenvalue weighted by Crippen LogP contribution is 2.45. The summed E-state index contributed by atoms with van der Waals surface area (Å²) in [6.07, 6.45) is 46.0. The molecule has 19 heteroatoms. The highest BCUT2D eigenvalue weighted by atomic mass is 31.2. The zero-order chi connectivity index (χ0) is 68.2. The Balaban J connectivity index is 5.19. The van der Waals surface area contributed by atoms with E-state index >= 15 is 0 Å². The molecule has 0 aliphatic carbocycles. The van der Waals surface area contributed by atoms with Crippen molar-refractivity contribution in [1.29, 1.82) is 0 Å². The summed E-state index contributed by atoms with van der Waals surface area (Å²) in [5.74, 6) is 0.870. The number of rotatable bonds is 70. The van der Waals surface area contributed by atoms with Crippen LogP contribution in [0, 0.1) is 23.7 Å². The first-order valence-electron chi connectivity index (χ1n) is 37.7. The molecule has 0 heterocycles. The molecule has 92 heavy (non-hydrogen) atoms. The van der Waals surface area contributed by atoms with Crippen LogP contribution in [0.15, 0.2) is 0 Å². The summed E-state index contributed by atoms with van der Waals surface area (Å²) < 4.78 is 68.3. The lowest BCUT2D eigenvalue weighted by Gasteiger charge is -2.21. The molecule has 0 radical (unpaired) electrons. The van der Waals surface area contributed by atoms with Crippen molar-refractivity contribution < 1.29 is 80.2 Å². The van der Waals surface area contributed by atoms with Crippen LogP contribution in [0.5, 0.6) is 0 Å². The Morgan fingerprint density at radius 2 is 0.522 bits per heavy atom. The van der Waals surface area contributed by atoms with Crippen molar-refractivity contribution in [2.75, 3.05) is 39.6 Å². The second kappa shape index (κ2) is 62.6. The summed E-state index contributed by atoms with van der Waals surface area (Å²) in [5, 5.41) is 10.6. The molecule has 0 bridgehead atoms. The zero-order valence-electron chi connectivity index (χ0n) is 60.2. The van der Waals surface area contributed by atoms with Crippen molar-refractivity contribution in [1.82, 2.24) is 0 Å². The highest BCUT2D eigenvalue weighted by Gasteiger charge is 2.30. The second-order valence-corrected chi connectivity index (χ2v) is 30.9. The number of phosphoric ester groups is 2. The minimum atomic E-state index is -4.95. The van der Waals surface area contributed by atoms with Gasteiger partial charge < -0.3 is 33.8 Å². The van der Waals surface area contributed by atoms with Crippen molar-refractivity contribution in [2.24, 2.45) is 23.7 Å². The lowest BCUT2D eigenvalue weighted by Crippen LogP contribution is -2.30. The molecule has 0 aromatic rings. The maximum atomic E-state index is 13.0. The summed E-state index contributed by atoms with van der Waals surface area (Å²) in [6.45, 7) is 14.1. The number of carbonyl (C=O) groups excluding carboxylic acids is 4. The van der Waals surface area contributed by atoms with Crippen molar-refractivity contribution in [2.45, 2.75) is 382 Å². The lowest BCUT2D eigenvalue weighted by atomic mass is 10.00.